The molecule has 0 aromatic carbocycles. The van der Waals surface area contributed by atoms with Crippen molar-refractivity contribution in [3.63, 3.8) is 0 Å². The molecule has 1 saturated heterocycles. The van der Waals surface area contributed by atoms with Crippen molar-refractivity contribution >= 4 is 18.2 Å². The van der Waals surface area contributed by atoms with Gasteiger partial charge in [-0.1, -0.05) is 6.08 Å². The summed E-state index contributed by atoms with van der Waals surface area (Å²) in [6, 6.07) is 0.620. The van der Waals surface area contributed by atoms with Gasteiger partial charge in [0.15, 0.2) is 0 Å². The lowest BCUT2D eigenvalue weighted by atomic mass is 9.95. The predicted molar refractivity (Wildman–Crippen MR) is 61.9 cm³/mol. The summed E-state index contributed by atoms with van der Waals surface area (Å²) < 4.78 is 0. The number of carbonyl (C=O) groups is 1. The van der Waals surface area contributed by atoms with Crippen LogP contribution in [0.4, 0.5) is 0 Å². The fourth-order valence-corrected chi connectivity index (χ4v) is 1.81. The molecule has 1 heterocycles. The van der Waals surface area contributed by atoms with Crippen molar-refractivity contribution < 1.29 is 4.79 Å². The van der Waals surface area contributed by atoms with Crippen molar-refractivity contribution in [2.75, 3.05) is 0 Å². The molecular formula is C11H20ClNO. The summed E-state index contributed by atoms with van der Waals surface area (Å²) in [5, 5.41) is 3.34. The van der Waals surface area contributed by atoms with Crippen LogP contribution in [0.15, 0.2) is 12.7 Å². The van der Waals surface area contributed by atoms with Gasteiger partial charge in [-0.05, 0) is 32.6 Å². The van der Waals surface area contributed by atoms with Crippen LogP contribution in [0.25, 0.3) is 0 Å². The summed E-state index contributed by atoms with van der Waals surface area (Å²) in [4.78, 5) is 11.6. The van der Waals surface area contributed by atoms with Crippen molar-refractivity contribution in [3.05, 3.63) is 12.7 Å². The first kappa shape index (κ1) is 13.7. The largest absolute Gasteiger partial charge is 0.305 e. The number of halogens is 1. The van der Waals surface area contributed by atoms with Crippen LogP contribution in [0.2, 0.25) is 0 Å². The molecule has 0 aromatic rings. The Kier molecular flexibility index (Phi) is 6.85. The van der Waals surface area contributed by atoms with Gasteiger partial charge in [-0.2, -0.15) is 0 Å². The van der Waals surface area contributed by atoms with Crippen LogP contribution in [0.3, 0.4) is 0 Å². The van der Waals surface area contributed by atoms with Crippen LogP contribution in [-0.4, -0.2) is 17.9 Å². The Balaban J connectivity index is 0.00000169. The number of nitrogens with one attached hydrogen (secondary N) is 1. The molecule has 0 spiro atoms. The molecule has 1 fully saturated rings. The monoisotopic (exact) mass is 217 g/mol. The van der Waals surface area contributed by atoms with Crippen LogP contribution < -0.4 is 5.32 Å². The molecule has 0 amide bonds. The highest BCUT2D eigenvalue weighted by Crippen LogP contribution is 2.14. The summed E-state index contributed by atoms with van der Waals surface area (Å²) in [5.74, 6) is 0.353. The van der Waals surface area contributed by atoms with E-state index >= 15 is 0 Å². The lowest BCUT2D eigenvalue weighted by molar-refractivity contribution is -0.121. The maximum Gasteiger partial charge on any atom is 0.150 e. The molecule has 0 radical (unpaired) electrons. The summed E-state index contributed by atoms with van der Waals surface area (Å²) in [5.41, 5.74) is 0. The second kappa shape index (κ2) is 7.02. The smallest absolute Gasteiger partial charge is 0.150 e. The van der Waals surface area contributed by atoms with Crippen LogP contribution >= 0.6 is 12.4 Å². The fourth-order valence-electron chi connectivity index (χ4n) is 1.81. The fraction of sp³-hybridized carbons (Fsp3) is 0.727. The Morgan fingerprint density at radius 2 is 2.29 bits per heavy atom. The van der Waals surface area contributed by atoms with Gasteiger partial charge in [-0.25, -0.2) is 0 Å². The van der Waals surface area contributed by atoms with Crippen molar-refractivity contribution in [2.24, 2.45) is 0 Å². The normalized spacial score (nSPS) is 26.4. The molecule has 0 aromatic heterocycles. The molecule has 2 atom stereocenters. The Morgan fingerprint density at radius 1 is 1.57 bits per heavy atom. The SMILES string of the molecule is C=CCCC(=O)[C@H]1CCC[C@H](C)N1.Cl. The second-order valence-corrected chi connectivity index (χ2v) is 3.84. The molecule has 3 heteroatoms. The predicted octanol–water partition coefficient (Wildman–Crippen LogP) is 2.47. The number of Topliss-reactive ketones (excluding diaryl/α,β-unsaturated/α-hetero) is 1. The van der Waals surface area contributed by atoms with Crippen LogP contribution in [-0.2, 0) is 4.79 Å². The third-order valence-corrected chi connectivity index (χ3v) is 2.60. The van der Waals surface area contributed by atoms with Crippen molar-refractivity contribution in [2.45, 2.75) is 51.1 Å². The van der Waals surface area contributed by atoms with E-state index in [2.05, 4.69) is 18.8 Å². The highest BCUT2D eigenvalue weighted by Gasteiger charge is 2.22. The first-order valence-corrected chi connectivity index (χ1v) is 5.13. The molecule has 2 nitrogen and oxygen atoms in total. The van der Waals surface area contributed by atoms with Gasteiger partial charge in [0.2, 0.25) is 0 Å². The van der Waals surface area contributed by atoms with E-state index in [0.29, 0.717) is 18.2 Å². The van der Waals surface area contributed by atoms with E-state index < -0.39 is 0 Å². The number of ketones is 1. The number of hydrogen-bond acceptors (Lipinski definition) is 2. The van der Waals surface area contributed by atoms with E-state index in [1.165, 1.54) is 12.8 Å². The van der Waals surface area contributed by atoms with Crippen molar-refractivity contribution in [1.82, 2.24) is 5.32 Å². The first-order chi connectivity index (χ1) is 6.24. The second-order valence-electron chi connectivity index (χ2n) is 3.84. The summed E-state index contributed by atoms with van der Waals surface area (Å²) >= 11 is 0. The summed E-state index contributed by atoms with van der Waals surface area (Å²) in [7, 11) is 0. The zero-order valence-electron chi connectivity index (χ0n) is 8.79. The first-order valence-electron chi connectivity index (χ1n) is 5.13. The molecule has 14 heavy (non-hydrogen) atoms. The Hall–Kier alpha value is -0.340. The lowest BCUT2D eigenvalue weighted by Gasteiger charge is -2.27. The number of rotatable bonds is 4. The van der Waals surface area contributed by atoms with E-state index in [1.807, 2.05) is 6.08 Å². The molecule has 0 aliphatic carbocycles. The number of hydrogen-bond donors (Lipinski definition) is 1. The topological polar surface area (TPSA) is 29.1 Å². The van der Waals surface area contributed by atoms with Crippen LogP contribution in [0, 0.1) is 0 Å². The quantitative estimate of drug-likeness (QED) is 0.734. The zero-order valence-corrected chi connectivity index (χ0v) is 9.61. The van der Waals surface area contributed by atoms with E-state index in [-0.39, 0.29) is 18.4 Å². The molecule has 1 rings (SSSR count). The molecule has 0 bridgehead atoms. The molecular weight excluding hydrogens is 198 g/mol. The van der Waals surface area contributed by atoms with Gasteiger partial charge in [0.25, 0.3) is 0 Å². The highest BCUT2D eigenvalue weighted by molar-refractivity contribution is 5.85. The summed E-state index contributed by atoms with van der Waals surface area (Å²) in [6.07, 6.45) is 6.66. The van der Waals surface area contributed by atoms with Crippen molar-refractivity contribution in [1.29, 1.82) is 0 Å². The lowest BCUT2D eigenvalue weighted by Crippen LogP contribution is -2.45. The third kappa shape index (κ3) is 4.25. The maximum absolute atomic E-state index is 11.6. The van der Waals surface area contributed by atoms with Gasteiger partial charge < -0.3 is 5.32 Å². The van der Waals surface area contributed by atoms with Crippen molar-refractivity contribution in [3.8, 4) is 0 Å². The number of allylic oxidation sites excluding steroid dienone is 1. The minimum absolute atomic E-state index is 0. The van der Waals surface area contributed by atoms with Crippen LogP contribution in [0.5, 0.6) is 0 Å². The molecule has 0 saturated carbocycles. The minimum atomic E-state index is 0. The summed E-state index contributed by atoms with van der Waals surface area (Å²) in [6.45, 7) is 5.77. The van der Waals surface area contributed by atoms with Gasteiger partial charge in [-0.3, -0.25) is 4.79 Å². The zero-order chi connectivity index (χ0) is 9.68. The van der Waals surface area contributed by atoms with E-state index in [9.17, 15) is 4.79 Å². The average Bonchev–Trinajstić information content (AvgIpc) is 2.14. The minimum Gasteiger partial charge on any atom is -0.305 e. The molecule has 0 unspecified atom stereocenters. The molecule has 1 N–H and O–H groups in total. The molecule has 82 valence electrons. The van der Waals surface area contributed by atoms with Gasteiger partial charge in [0.05, 0.1) is 6.04 Å². The Bertz CT molecular complexity index is 194. The van der Waals surface area contributed by atoms with Crippen LogP contribution in [0.1, 0.15) is 39.0 Å². The number of piperidine rings is 1. The maximum atomic E-state index is 11.6. The average molecular weight is 218 g/mol. The van der Waals surface area contributed by atoms with E-state index in [1.54, 1.807) is 0 Å². The standard InChI is InChI=1S/C11H19NO.ClH/c1-3-4-8-11(13)10-7-5-6-9(2)12-10;/h3,9-10,12H,1,4-8H2,2H3;1H/t9-,10+;/m0./s1. The third-order valence-electron chi connectivity index (χ3n) is 2.60. The van der Waals surface area contributed by atoms with Gasteiger partial charge in [0, 0.05) is 12.5 Å². The molecule has 1 aliphatic heterocycles. The van der Waals surface area contributed by atoms with E-state index in [0.717, 1.165) is 12.8 Å². The highest BCUT2D eigenvalue weighted by atomic mass is 35.5. The Morgan fingerprint density at radius 3 is 2.86 bits per heavy atom. The van der Waals surface area contributed by atoms with Gasteiger partial charge >= 0.3 is 0 Å². The molecule has 1 aliphatic rings. The van der Waals surface area contributed by atoms with Gasteiger partial charge in [-0.15, -0.1) is 19.0 Å². The van der Waals surface area contributed by atoms with Gasteiger partial charge in [0.1, 0.15) is 5.78 Å². The van der Waals surface area contributed by atoms with E-state index in [4.69, 9.17) is 0 Å². The number of carbonyl (C=O) groups excluding carboxylic acids is 1. The Labute approximate surface area is 92.6 Å².